The number of nitrogens with zero attached hydrogens (tertiary/aromatic N) is 5. The van der Waals surface area contributed by atoms with Gasteiger partial charge in [-0.2, -0.15) is 0 Å². The summed E-state index contributed by atoms with van der Waals surface area (Å²) in [6.45, 7) is 5.91. The molecule has 0 saturated heterocycles. The van der Waals surface area contributed by atoms with Gasteiger partial charge in [-0.05, 0) is 68.3 Å². The Morgan fingerprint density at radius 3 is 2.60 bits per heavy atom. The van der Waals surface area contributed by atoms with Gasteiger partial charge in [-0.1, -0.05) is 29.5 Å². The van der Waals surface area contributed by atoms with Crippen LogP contribution >= 0.6 is 0 Å². The third-order valence-corrected chi connectivity index (χ3v) is 5.60. The molecular weight excluding hydrogens is 377 g/mol. The molecule has 0 N–H and O–H groups in total. The summed E-state index contributed by atoms with van der Waals surface area (Å²) in [6, 6.07) is 19.0. The predicted molar refractivity (Wildman–Crippen MR) is 116 cm³/mol. The minimum absolute atomic E-state index is 0.244. The number of aryl methyl sites for hydroxylation is 1. The van der Waals surface area contributed by atoms with Crippen molar-refractivity contribution >= 4 is 22.1 Å². The molecule has 6 heteroatoms. The maximum atomic E-state index is 14.1. The Kier molecular flexibility index (Phi) is 4.10. The fourth-order valence-electron chi connectivity index (χ4n) is 3.68. The van der Waals surface area contributed by atoms with Crippen LogP contribution in [0.1, 0.15) is 25.0 Å². The maximum absolute atomic E-state index is 14.1. The van der Waals surface area contributed by atoms with Crippen molar-refractivity contribution in [1.82, 2.24) is 25.0 Å². The van der Waals surface area contributed by atoms with Crippen molar-refractivity contribution < 1.29 is 4.39 Å². The van der Waals surface area contributed by atoms with Crippen LogP contribution in [0.4, 0.5) is 4.39 Å². The van der Waals surface area contributed by atoms with Crippen molar-refractivity contribution in [3.63, 3.8) is 0 Å². The molecule has 5 aromatic rings. The normalized spacial score (nSPS) is 12.0. The number of halogens is 1. The summed E-state index contributed by atoms with van der Waals surface area (Å²) >= 11 is 0. The molecule has 0 amide bonds. The molecule has 5 rings (SSSR count). The lowest BCUT2D eigenvalue weighted by molar-refractivity contribution is 0.391. The van der Waals surface area contributed by atoms with Gasteiger partial charge in [0, 0.05) is 17.1 Å². The first-order valence-electron chi connectivity index (χ1n) is 9.78. The van der Waals surface area contributed by atoms with Gasteiger partial charge in [0.25, 0.3) is 0 Å². The van der Waals surface area contributed by atoms with E-state index in [1.165, 1.54) is 6.07 Å². The van der Waals surface area contributed by atoms with E-state index in [1.54, 1.807) is 19.2 Å². The summed E-state index contributed by atoms with van der Waals surface area (Å²) in [5.74, 6) is -0.244. The Morgan fingerprint density at radius 2 is 1.77 bits per heavy atom. The third kappa shape index (κ3) is 2.92. The van der Waals surface area contributed by atoms with Crippen molar-refractivity contribution in [3.8, 4) is 11.3 Å². The molecule has 0 aliphatic rings. The number of benzene rings is 2. The Balaban J connectivity index is 1.64. The maximum Gasteiger partial charge on any atom is 0.179 e. The number of hydrogen-bond acceptors (Lipinski definition) is 4. The van der Waals surface area contributed by atoms with Crippen LogP contribution in [0.2, 0.25) is 0 Å². The van der Waals surface area contributed by atoms with Crippen LogP contribution in [0.15, 0.2) is 66.9 Å². The highest BCUT2D eigenvalue weighted by Crippen LogP contribution is 2.30. The average molecular weight is 397 g/mol. The van der Waals surface area contributed by atoms with E-state index >= 15 is 0 Å². The molecule has 0 radical (unpaired) electrons. The topological polar surface area (TPSA) is 56.5 Å². The van der Waals surface area contributed by atoms with E-state index in [0.29, 0.717) is 22.4 Å². The second-order valence-corrected chi connectivity index (χ2v) is 7.97. The monoisotopic (exact) mass is 397 g/mol. The molecule has 0 bridgehead atoms. The smallest absolute Gasteiger partial charge is 0.179 e. The van der Waals surface area contributed by atoms with Crippen LogP contribution in [-0.4, -0.2) is 25.0 Å². The van der Waals surface area contributed by atoms with E-state index < -0.39 is 5.54 Å². The molecule has 2 aromatic carbocycles. The summed E-state index contributed by atoms with van der Waals surface area (Å²) in [5, 5.41) is 9.77. The lowest BCUT2D eigenvalue weighted by Gasteiger charge is -2.26. The molecule has 0 saturated carbocycles. The van der Waals surface area contributed by atoms with Gasteiger partial charge in [-0.15, -0.1) is 5.10 Å². The van der Waals surface area contributed by atoms with Gasteiger partial charge in [-0.3, -0.25) is 4.98 Å². The summed E-state index contributed by atoms with van der Waals surface area (Å²) < 4.78 is 15.9. The molecular formula is C24H20FN5. The molecule has 0 spiro atoms. The number of pyridine rings is 2. The quantitative estimate of drug-likeness (QED) is 0.416. The number of aromatic nitrogens is 5. The standard InChI is InChI=1S/C24H20FN5/c1-15-6-7-17(14-19(15)25)21-10-11-22-23(27-21)30(29-28-22)24(2,3)18-8-9-20-16(13-18)5-4-12-26-20/h4-14H,1-3H3. The van der Waals surface area contributed by atoms with E-state index in [1.807, 2.05) is 41.1 Å². The summed E-state index contributed by atoms with van der Waals surface area (Å²) in [4.78, 5) is 9.19. The highest BCUT2D eigenvalue weighted by molar-refractivity contribution is 5.80. The van der Waals surface area contributed by atoms with E-state index in [9.17, 15) is 4.39 Å². The van der Waals surface area contributed by atoms with Crippen LogP contribution in [0.25, 0.3) is 33.3 Å². The highest BCUT2D eigenvalue weighted by Gasteiger charge is 2.27. The zero-order chi connectivity index (χ0) is 20.9. The van der Waals surface area contributed by atoms with Gasteiger partial charge in [0.05, 0.1) is 16.7 Å². The summed E-state index contributed by atoms with van der Waals surface area (Å²) in [6.07, 6.45) is 1.79. The molecule has 148 valence electrons. The first-order valence-corrected chi connectivity index (χ1v) is 9.78. The van der Waals surface area contributed by atoms with Crippen LogP contribution in [0.5, 0.6) is 0 Å². The molecule has 0 fully saturated rings. The van der Waals surface area contributed by atoms with Crippen molar-refractivity contribution in [2.75, 3.05) is 0 Å². The Hall–Kier alpha value is -3.67. The molecule has 30 heavy (non-hydrogen) atoms. The predicted octanol–water partition coefficient (Wildman–Crippen LogP) is 5.27. The second kappa shape index (κ2) is 6.69. The number of fused-ring (bicyclic) bond motifs is 2. The lowest BCUT2D eigenvalue weighted by Crippen LogP contribution is -2.29. The van der Waals surface area contributed by atoms with Gasteiger partial charge in [0.2, 0.25) is 0 Å². The molecule has 3 heterocycles. The fraction of sp³-hybridized carbons (Fsp3) is 0.167. The van der Waals surface area contributed by atoms with Crippen molar-refractivity contribution in [3.05, 3.63) is 83.8 Å². The third-order valence-electron chi connectivity index (χ3n) is 5.60. The largest absolute Gasteiger partial charge is 0.256 e. The van der Waals surface area contributed by atoms with E-state index in [-0.39, 0.29) is 5.82 Å². The first kappa shape index (κ1) is 18.4. The molecule has 0 aliphatic carbocycles. The number of hydrogen-bond donors (Lipinski definition) is 0. The zero-order valence-electron chi connectivity index (χ0n) is 17.0. The Labute approximate surface area is 173 Å². The van der Waals surface area contributed by atoms with Crippen molar-refractivity contribution in [2.24, 2.45) is 0 Å². The molecule has 0 aliphatic heterocycles. The van der Waals surface area contributed by atoms with Gasteiger partial charge in [0.15, 0.2) is 5.65 Å². The fourth-order valence-corrected chi connectivity index (χ4v) is 3.68. The first-order chi connectivity index (χ1) is 14.4. The van der Waals surface area contributed by atoms with Gasteiger partial charge >= 0.3 is 0 Å². The molecule has 0 unspecified atom stereocenters. The lowest BCUT2D eigenvalue weighted by atomic mass is 9.93. The minimum atomic E-state index is -0.497. The minimum Gasteiger partial charge on any atom is -0.256 e. The Bertz CT molecular complexity index is 1400. The van der Waals surface area contributed by atoms with Gasteiger partial charge in [0.1, 0.15) is 11.3 Å². The van der Waals surface area contributed by atoms with Crippen LogP contribution in [-0.2, 0) is 5.54 Å². The Morgan fingerprint density at radius 1 is 0.933 bits per heavy atom. The molecule has 5 nitrogen and oxygen atoms in total. The van der Waals surface area contributed by atoms with Crippen LogP contribution in [0.3, 0.4) is 0 Å². The molecule has 0 atom stereocenters. The van der Waals surface area contributed by atoms with Gasteiger partial charge in [-0.25, -0.2) is 14.1 Å². The van der Waals surface area contributed by atoms with E-state index in [4.69, 9.17) is 4.98 Å². The SMILES string of the molecule is Cc1ccc(-c2ccc3nnn(C(C)(C)c4ccc5ncccc5c4)c3n2)cc1F. The zero-order valence-corrected chi connectivity index (χ0v) is 17.0. The van der Waals surface area contributed by atoms with Crippen molar-refractivity contribution in [1.29, 1.82) is 0 Å². The van der Waals surface area contributed by atoms with Crippen LogP contribution in [0, 0.1) is 12.7 Å². The summed E-state index contributed by atoms with van der Waals surface area (Å²) in [5.41, 5.74) is 4.89. The average Bonchev–Trinajstić information content (AvgIpc) is 3.19. The summed E-state index contributed by atoms with van der Waals surface area (Å²) in [7, 11) is 0. The number of rotatable bonds is 3. The van der Waals surface area contributed by atoms with Crippen LogP contribution < -0.4 is 0 Å². The van der Waals surface area contributed by atoms with E-state index in [0.717, 1.165) is 22.0 Å². The highest BCUT2D eigenvalue weighted by atomic mass is 19.1. The second-order valence-electron chi connectivity index (χ2n) is 7.97. The van der Waals surface area contributed by atoms with Gasteiger partial charge < -0.3 is 0 Å². The molecule has 3 aromatic heterocycles. The van der Waals surface area contributed by atoms with Crippen molar-refractivity contribution in [2.45, 2.75) is 26.3 Å². The van der Waals surface area contributed by atoms with E-state index in [2.05, 4.69) is 41.3 Å².